The van der Waals surface area contributed by atoms with Crippen molar-refractivity contribution in [3.8, 4) is 0 Å². The molecule has 16 heavy (non-hydrogen) atoms. The minimum atomic E-state index is -0.213. The molecule has 0 radical (unpaired) electrons. The third-order valence-electron chi connectivity index (χ3n) is 1.86. The maximum absolute atomic E-state index is 11.1. The predicted octanol–water partition coefficient (Wildman–Crippen LogP) is 2.60. The molecule has 1 aromatic rings. The molecule has 0 aliphatic heterocycles. The smallest absolute Gasteiger partial charge is 0.316 e. The summed E-state index contributed by atoms with van der Waals surface area (Å²) in [5.74, 6) is 0.0912. The average molecular weight is 305 g/mol. The fraction of sp³-hybridized carbons (Fsp3) is 0.364. The molecule has 1 rings (SSSR count). The first kappa shape index (κ1) is 13.5. The fourth-order valence-electron chi connectivity index (χ4n) is 1.09. The SMILES string of the molecule is CCOC(=O)CSc1ccc(CO)c(Br)c1. The van der Waals surface area contributed by atoms with Crippen LogP contribution in [-0.2, 0) is 16.1 Å². The Morgan fingerprint density at radius 1 is 1.56 bits per heavy atom. The van der Waals surface area contributed by atoms with Crippen LogP contribution in [0.1, 0.15) is 12.5 Å². The molecule has 0 saturated heterocycles. The zero-order chi connectivity index (χ0) is 12.0. The first-order valence-electron chi connectivity index (χ1n) is 4.85. The van der Waals surface area contributed by atoms with E-state index in [1.807, 2.05) is 18.2 Å². The van der Waals surface area contributed by atoms with E-state index >= 15 is 0 Å². The molecule has 1 N–H and O–H groups in total. The first-order valence-corrected chi connectivity index (χ1v) is 6.63. The van der Waals surface area contributed by atoms with E-state index in [2.05, 4.69) is 15.9 Å². The Morgan fingerprint density at radius 2 is 2.31 bits per heavy atom. The van der Waals surface area contributed by atoms with Gasteiger partial charge in [0.1, 0.15) is 0 Å². The summed E-state index contributed by atoms with van der Waals surface area (Å²) in [6.45, 7) is 2.20. The second-order valence-corrected chi connectivity index (χ2v) is 4.91. The van der Waals surface area contributed by atoms with Crippen LogP contribution in [0.25, 0.3) is 0 Å². The van der Waals surface area contributed by atoms with Gasteiger partial charge in [0, 0.05) is 9.37 Å². The van der Waals surface area contributed by atoms with Gasteiger partial charge in [0.2, 0.25) is 0 Å². The van der Waals surface area contributed by atoms with Crippen LogP contribution in [-0.4, -0.2) is 23.4 Å². The molecule has 3 nitrogen and oxygen atoms in total. The van der Waals surface area contributed by atoms with E-state index in [4.69, 9.17) is 9.84 Å². The third kappa shape index (κ3) is 4.15. The molecule has 0 spiro atoms. The number of hydrogen-bond acceptors (Lipinski definition) is 4. The zero-order valence-electron chi connectivity index (χ0n) is 8.90. The lowest BCUT2D eigenvalue weighted by Gasteiger charge is -2.05. The van der Waals surface area contributed by atoms with Gasteiger partial charge >= 0.3 is 5.97 Å². The number of rotatable bonds is 5. The van der Waals surface area contributed by atoms with Gasteiger partial charge in [-0.15, -0.1) is 11.8 Å². The van der Waals surface area contributed by atoms with Gasteiger partial charge in [0.25, 0.3) is 0 Å². The number of aliphatic hydroxyl groups excluding tert-OH is 1. The summed E-state index contributed by atoms with van der Waals surface area (Å²) < 4.78 is 5.68. The van der Waals surface area contributed by atoms with Crippen molar-refractivity contribution < 1.29 is 14.6 Å². The van der Waals surface area contributed by atoms with Crippen molar-refractivity contribution in [2.45, 2.75) is 18.4 Å². The Morgan fingerprint density at radius 3 is 2.88 bits per heavy atom. The topological polar surface area (TPSA) is 46.5 Å². The molecule has 0 fully saturated rings. The van der Waals surface area contributed by atoms with Crippen molar-refractivity contribution in [2.75, 3.05) is 12.4 Å². The van der Waals surface area contributed by atoms with Crippen molar-refractivity contribution in [1.82, 2.24) is 0 Å². The molecular formula is C11H13BrO3S. The Labute approximate surface area is 107 Å². The minimum Gasteiger partial charge on any atom is -0.465 e. The molecule has 0 atom stereocenters. The minimum absolute atomic E-state index is 0.00338. The van der Waals surface area contributed by atoms with Crippen LogP contribution >= 0.6 is 27.7 Å². The molecule has 1 aromatic carbocycles. The highest BCUT2D eigenvalue weighted by molar-refractivity contribution is 9.10. The number of carbonyl (C=O) groups excluding carboxylic acids is 1. The average Bonchev–Trinajstić information content (AvgIpc) is 2.27. The van der Waals surface area contributed by atoms with Crippen LogP contribution in [0.3, 0.4) is 0 Å². The Bertz CT molecular complexity index is 368. The summed E-state index contributed by atoms with van der Waals surface area (Å²) in [7, 11) is 0. The Balaban J connectivity index is 2.55. The van der Waals surface area contributed by atoms with E-state index in [0.29, 0.717) is 12.4 Å². The number of hydrogen-bond donors (Lipinski definition) is 1. The van der Waals surface area contributed by atoms with Crippen molar-refractivity contribution in [3.63, 3.8) is 0 Å². The van der Waals surface area contributed by atoms with E-state index in [-0.39, 0.29) is 12.6 Å². The number of carbonyl (C=O) groups is 1. The van der Waals surface area contributed by atoms with Crippen LogP contribution in [0.5, 0.6) is 0 Å². The van der Waals surface area contributed by atoms with Crippen LogP contribution in [0, 0.1) is 0 Å². The summed E-state index contributed by atoms with van der Waals surface area (Å²) >= 11 is 4.77. The number of ether oxygens (including phenoxy) is 1. The summed E-state index contributed by atoms with van der Waals surface area (Å²) in [5, 5.41) is 8.99. The van der Waals surface area contributed by atoms with E-state index in [9.17, 15) is 4.79 Å². The van der Waals surface area contributed by atoms with Gasteiger partial charge in [0.05, 0.1) is 19.0 Å². The summed E-state index contributed by atoms with van der Waals surface area (Å²) in [6, 6.07) is 5.59. The predicted molar refractivity (Wildman–Crippen MR) is 67.4 cm³/mol. The lowest BCUT2D eigenvalue weighted by Crippen LogP contribution is -2.06. The standard InChI is InChI=1S/C11H13BrO3S/c1-2-15-11(14)7-16-9-4-3-8(6-13)10(12)5-9/h3-5,13H,2,6-7H2,1H3. The van der Waals surface area contributed by atoms with Crippen molar-refractivity contribution in [2.24, 2.45) is 0 Å². The lowest BCUT2D eigenvalue weighted by molar-refractivity contribution is -0.139. The largest absolute Gasteiger partial charge is 0.465 e. The molecule has 0 unspecified atom stereocenters. The van der Waals surface area contributed by atoms with Gasteiger partial charge in [-0.3, -0.25) is 4.79 Å². The van der Waals surface area contributed by atoms with Gasteiger partial charge in [-0.25, -0.2) is 0 Å². The van der Waals surface area contributed by atoms with E-state index in [1.54, 1.807) is 6.92 Å². The van der Waals surface area contributed by atoms with Crippen LogP contribution in [0.4, 0.5) is 0 Å². The Hall–Kier alpha value is -0.520. The van der Waals surface area contributed by atoms with Crippen molar-refractivity contribution in [3.05, 3.63) is 28.2 Å². The molecule has 5 heteroatoms. The maximum atomic E-state index is 11.1. The monoisotopic (exact) mass is 304 g/mol. The van der Waals surface area contributed by atoms with Gasteiger partial charge in [0.15, 0.2) is 0 Å². The number of halogens is 1. The quantitative estimate of drug-likeness (QED) is 0.671. The highest BCUT2D eigenvalue weighted by Crippen LogP contribution is 2.25. The van der Waals surface area contributed by atoms with Gasteiger partial charge < -0.3 is 9.84 Å². The third-order valence-corrected chi connectivity index (χ3v) is 3.56. The highest BCUT2D eigenvalue weighted by atomic mass is 79.9. The molecule has 0 aliphatic rings. The van der Waals surface area contributed by atoms with Crippen LogP contribution in [0.15, 0.2) is 27.6 Å². The van der Waals surface area contributed by atoms with Crippen LogP contribution < -0.4 is 0 Å². The molecular weight excluding hydrogens is 292 g/mol. The molecule has 0 amide bonds. The van der Waals surface area contributed by atoms with Gasteiger partial charge in [-0.1, -0.05) is 22.0 Å². The summed E-state index contributed by atoms with van der Waals surface area (Å²) in [5.41, 5.74) is 0.834. The van der Waals surface area contributed by atoms with Crippen molar-refractivity contribution in [1.29, 1.82) is 0 Å². The van der Waals surface area contributed by atoms with E-state index in [1.165, 1.54) is 11.8 Å². The molecule has 0 aliphatic carbocycles. The lowest BCUT2D eigenvalue weighted by atomic mass is 10.2. The second kappa shape index (κ2) is 6.93. The second-order valence-electron chi connectivity index (χ2n) is 3.01. The summed E-state index contributed by atoms with van der Waals surface area (Å²) in [6.07, 6.45) is 0. The fourth-order valence-corrected chi connectivity index (χ4v) is 2.48. The zero-order valence-corrected chi connectivity index (χ0v) is 11.3. The number of aliphatic hydroxyl groups is 1. The highest BCUT2D eigenvalue weighted by Gasteiger charge is 2.05. The van der Waals surface area contributed by atoms with Gasteiger partial charge in [-0.2, -0.15) is 0 Å². The number of thioether (sulfide) groups is 1. The Kier molecular flexibility index (Phi) is 5.87. The van der Waals surface area contributed by atoms with Gasteiger partial charge in [-0.05, 0) is 24.6 Å². The molecule has 88 valence electrons. The molecule has 0 heterocycles. The van der Waals surface area contributed by atoms with Crippen LogP contribution in [0.2, 0.25) is 0 Å². The molecule has 0 bridgehead atoms. The van der Waals surface area contributed by atoms with E-state index in [0.717, 1.165) is 14.9 Å². The molecule has 0 aromatic heterocycles. The number of esters is 1. The van der Waals surface area contributed by atoms with E-state index < -0.39 is 0 Å². The normalized spacial score (nSPS) is 10.2. The summed E-state index contributed by atoms with van der Waals surface area (Å²) in [4.78, 5) is 12.1. The van der Waals surface area contributed by atoms with Crippen molar-refractivity contribution >= 4 is 33.7 Å². The maximum Gasteiger partial charge on any atom is 0.316 e. The molecule has 0 saturated carbocycles. The first-order chi connectivity index (χ1) is 7.67. The number of benzene rings is 1.